The van der Waals surface area contributed by atoms with Crippen LogP contribution in [0.15, 0.2) is 15.9 Å². The monoisotopic (exact) mass is 563 g/mol. The molecule has 8 heteroatoms. The van der Waals surface area contributed by atoms with E-state index in [1.165, 1.54) is 112 Å². The van der Waals surface area contributed by atoms with Gasteiger partial charge in [0.15, 0.2) is 11.2 Å². The predicted octanol–water partition coefficient (Wildman–Crippen LogP) is 6.44. The quantitative estimate of drug-likeness (QED) is 0.170. The van der Waals surface area contributed by atoms with Crippen LogP contribution in [0.2, 0.25) is 0 Å². The van der Waals surface area contributed by atoms with Crippen molar-refractivity contribution < 1.29 is 5.11 Å². The molecule has 0 aliphatic heterocycles. The first-order valence-corrected chi connectivity index (χ1v) is 16.2. The van der Waals surface area contributed by atoms with E-state index in [4.69, 9.17) is 5.73 Å². The SMILES string of the molecule is CC(O)CCCCn1c(=O)c2c(ncn2C)n(C)c1=O.CCCCCCCCCCCCC(C)CCCCCN. The fraction of sp³-hybridized carbons (Fsp3) is 0.844. The van der Waals surface area contributed by atoms with E-state index in [-0.39, 0.29) is 17.4 Å². The summed E-state index contributed by atoms with van der Waals surface area (Å²) in [5, 5.41) is 9.21. The largest absolute Gasteiger partial charge is 0.393 e. The molecule has 8 nitrogen and oxygen atoms in total. The summed E-state index contributed by atoms with van der Waals surface area (Å²) < 4.78 is 4.26. The number of aryl methyl sites for hydroxylation is 2. The van der Waals surface area contributed by atoms with Crippen LogP contribution in [-0.4, -0.2) is 36.4 Å². The Bertz CT molecular complexity index is 1020. The van der Waals surface area contributed by atoms with Gasteiger partial charge in [-0.1, -0.05) is 104 Å². The first-order valence-electron chi connectivity index (χ1n) is 16.2. The Morgan fingerprint density at radius 2 is 1.32 bits per heavy atom. The second kappa shape index (κ2) is 21.8. The molecule has 2 unspecified atom stereocenters. The molecule has 0 fully saturated rings. The number of aliphatic hydroxyl groups excluding tert-OH is 1. The standard InChI is InChI=1S/C19H41N.C13H20N4O3/c1-3-4-5-6-7-8-9-10-11-13-16-19(2)17-14-12-15-18-20;1-9(18)6-4-5-7-17-12(19)10-11(14-8-15(10)2)16(3)13(17)20/h19H,3-18,20H2,1-2H3;8-9,18H,4-7H2,1-3H3. The summed E-state index contributed by atoms with van der Waals surface area (Å²) in [4.78, 5) is 28.6. The number of imidazole rings is 1. The lowest BCUT2D eigenvalue weighted by molar-refractivity contribution is 0.180. The molecule has 2 heterocycles. The third kappa shape index (κ3) is 14.1. The zero-order valence-corrected chi connectivity index (χ0v) is 26.5. The van der Waals surface area contributed by atoms with Gasteiger partial charge in [-0.3, -0.25) is 13.9 Å². The number of nitrogens with zero attached hydrogens (tertiary/aromatic N) is 4. The molecule has 2 rings (SSSR count). The highest BCUT2D eigenvalue weighted by molar-refractivity contribution is 5.69. The summed E-state index contributed by atoms with van der Waals surface area (Å²) in [5.41, 5.74) is 5.70. The van der Waals surface area contributed by atoms with Crippen molar-refractivity contribution in [3.8, 4) is 0 Å². The van der Waals surface area contributed by atoms with Crippen LogP contribution in [0, 0.1) is 5.92 Å². The Labute approximate surface area is 243 Å². The number of fused-ring (bicyclic) bond motifs is 1. The van der Waals surface area contributed by atoms with Gasteiger partial charge in [0.25, 0.3) is 5.56 Å². The van der Waals surface area contributed by atoms with Gasteiger partial charge in [0.2, 0.25) is 0 Å². The summed E-state index contributed by atoms with van der Waals surface area (Å²) >= 11 is 0. The van der Waals surface area contributed by atoms with E-state index < -0.39 is 0 Å². The average Bonchev–Trinajstić information content (AvgIpc) is 3.32. The lowest BCUT2D eigenvalue weighted by Gasteiger charge is -2.10. The van der Waals surface area contributed by atoms with Gasteiger partial charge in [-0.25, -0.2) is 9.78 Å². The van der Waals surface area contributed by atoms with Crippen molar-refractivity contribution in [3.63, 3.8) is 0 Å². The minimum atomic E-state index is -0.353. The molecule has 0 saturated carbocycles. The van der Waals surface area contributed by atoms with Crippen molar-refractivity contribution >= 4 is 11.2 Å². The molecule has 232 valence electrons. The summed E-state index contributed by atoms with van der Waals surface area (Å²) in [6.07, 6.45) is 24.6. The third-order valence-corrected chi connectivity index (χ3v) is 7.91. The summed E-state index contributed by atoms with van der Waals surface area (Å²) in [6.45, 7) is 7.68. The van der Waals surface area contributed by atoms with E-state index in [1.54, 1.807) is 25.6 Å². The van der Waals surface area contributed by atoms with Crippen LogP contribution in [0.25, 0.3) is 11.2 Å². The number of nitrogens with two attached hydrogens (primary N) is 1. The van der Waals surface area contributed by atoms with Gasteiger partial charge in [-0.05, 0) is 45.1 Å². The van der Waals surface area contributed by atoms with Crippen molar-refractivity contribution in [2.45, 2.75) is 149 Å². The molecular weight excluding hydrogens is 502 g/mol. The van der Waals surface area contributed by atoms with E-state index in [9.17, 15) is 14.7 Å². The lowest BCUT2D eigenvalue weighted by Crippen LogP contribution is -2.39. The molecule has 2 aromatic rings. The lowest BCUT2D eigenvalue weighted by atomic mass is 9.96. The van der Waals surface area contributed by atoms with Gasteiger partial charge < -0.3 is 15.4 Å². The fourth-order valence-electron chi connectivity index (χ4n) is 5.24. The van der Waals surface area contributed by atoms with Crippen LogP contribution in [0.5, 0.6) is 0 Å². The van der Waals surface area contributed by atoms with Crippen molar-refractivity contribution in [2.75, 3.05) is 6.54 Å². The van der Waals surface area contributed by atoms with Crippen LogP contribution in [0.3, 0.4) is 0 Å². The Morgan fingerprint density at radius 3 is 1.88 bits per heavy atom. The number of unbranched alkanes of at least 4 members (excludes halogenated alkanes) is 12. The zero-order valence-electron chi connectivity index (χ0n) is 26.5. The van der Waals surface area contributed by atoms with E-state index in [1.807, 2.05) is 0 Å². The number of hydrogen-bond acceptors (Lipinski definition) is 5. The third-order valence-electron chi connectivity index (χ3n) is 7.91. The Hall–Kier alpha value is -1.93. The van der Waals surface area contributed by atoms with E-state index in [0.717, 1.165) is 18.9 Å². The number of rotatable bonds is 21. The van der Waals surface area contributed by atoms with Crippen molar-refractivity contribution in [3.05, 3.63) is 27.2 Å². The maximum absolute atomic E-state index is 12.4. The van der Waals surface area contributed by atoms with Gasteiger partial charge in [-0.2, -0.15) is 0 Å². The zero-order chi connectivity index (χ0) is 29.8. The van der Waals surface area contributed by atoms with E-state index in [2.05, 4.69) is 18.8 Å². The molecule has 0 spiro atoms. The second-order valence-electron chi connectivity index (χ2n) is 11.9. The van der Waals surface area contributed by atoms with Crippen LogP contribution in [-0.2, 0) is 20.6 Å². The molecule has 0 aliphatic rings. The number of aliphatic hydroxyl groups is 1. The maximum Gasteiger partial charge on any atom is 0.332 e. The summed E-state index contributed by atoms with van der Waals surface area (Å²) in [5.74, 6) is 0.932. The van der Waals surface area contributed by atoms with Crippen LogP contribution >= 0.6 is 0 Å². The minimum Gasteiger partial charge on any atom is -0.393 e. The highest BCUT2D eigenvalue weighted by atomic mass is 16.3. The van der Waals surface area contributed by atoms with Gasteiger partial charge in [-0.15, -0.1) is 0 Å². The molecule has 2 aromatic heterocycles. The van der Waals surface area contributed by atoms with E-state index in [0.29, 0.717) is 30.6 Å². The topological polar surface area (TPSA) is 108 Å². The summed E-state index contributed by atoms with van der Waals surface area (Å²) in [7, 11) is 3.35. The summed E-state index contributed by atoms with van der Waals surface area (Å²) in [6, 6.07) is 0. The van der Waals surface area contributed by atoms with Crippen molar-refractivity contribution in [1.82, 2.24) is 18.7 Å². The molecule has 0 aromatic carbocycles. The Morgan fingerprint density at radius 1 is 0.800 bits per heavy atom. The van der Waals surface area contributed by atoms with Gasteiger partial charge >= 0.3 is 5.69 Å². The van der Waals surface area contributed by atoms with Crippen LogP contribution in [0.4, 0.5) is 0 Å². The second-order valence-corrected chi connectivity index (χ2v) is 11.9. The van der Waals surface area contributed by atoms with Gasteiger partial charge in [0.05, 0.1) is 12.4 Å². The normalized spacial score (nSPS) is 12.9. The first kappa shape index (κ1) is 36.1. The predicted molar refractivity (Wildman–Crippen MR) is 169 cm³/mol. The Kier molecular flexibility index (Phi) is 19.6. The van der Waals surface area contributed by atoms with E-state index >= 15 is 0 Å². The molecule has 2 atom stereocenters. The van der Waals surface area contributed by atoms with Crippen molar-refractivity contribution in [2.24, 2.45) is 25.7 Å². The van der Waals surface area contributed by atoms with Crippen molar-refractivity contribution in [1.29, 1.82) is 0 Å². The Balaban J connectivity index is 0.000000400. The molecule has 0 aliphatic carbocycles. The fourth-order valence-corrected chi connectivity index (χ4v) is 5.24. The molecular formula is C32H61N5O3. The first-order chi connectivity index (χ1) is 19.2. The number of aromatic nitrogens is 4. The molecule has 0 radical (unpaired) electrons. The number of hydrogen-bond donors (Lipinski definition) is 2. The minimum absolute atomic E-state index is 0.305. The highest BCUT2D eigenvalue weighted by Crippen LogP contribution is 2.18. The maximum atomic E-state index is 12.4. The molecule has 3 N–H and O–H groups in total. The molecule has 0 amide bonds. The highest BCUT2D eigenvalue weighted by Gasteiger charge is 2.14. The molecule has 0 bridgehead atoms. The molecule has 0 saturated heterocycles. The van der Waals surface area contributed by atoms with Crippen LogP contribution in [0.1, 0.15) is 136 Å². The average molecular weight is 564 g/mol. The van der Waals surface area contributed by atoms with Crippen LogP contribution < -0.4 is 17.0 Å². The smallest absolute Gasteiger partial charge is 0.332 e. The van der Waals surface area contributed by atoms with Gasteiger partial charge in [0.1, 0.15) is 0 Å². The van der Waals surface area contributed by atoms with Gasteiger partial charge in [0, 0.05) is 20.6 Å². The molecule has 40 heavy (non-hydrogen) atoms.